The lowest BCUT2D eigenvalue weighted by Crippen LogP contribution is -2.29. The molecule has 0 bridgehead atoms. The van der Waals surface area contributed by atoms with Gasteiger partial charge in [0.2, 0.25) is 6.41 Å². The summed E-state index contributed by atoms with van der Waals surface area (Å²) >= 11 is 0. The molecule has 0 unspecified atom stereocenters. The van der Waals surface area contributed by atoms with E-state index in [2.05, 4.69) is 0 Å². The summed E-state index contributed by atoms with van der Waals surface area (Å²) in [5.74, 6) is 0. The molecule has 1 rings (SSSR count). The Morgan fingerprint density at radius 2 is 1.94 bits per heavy atom. The molecular weight excluding hydrogens is 245 g/mol. The van der Waals surface area contributed by atoms with Gasteiger partial charge in [0, 0.05) is 0 Å². The van der Waals surface area contributed by atoms with Gasteiger partial charge in [0.05, 0.1) is 24.9 Å². The van der Waals surface area contributed by atoms with Gasteiger partial charge in [-0.25, -0.2) is 5.06 Å². The first kappa shape index (κ1) is 14.6. The number of carbonyl (C=O) groups is 1. The van der Waals surface area contributed by atoms with Crippen molar-refractivity contribution in [3.63, 3.8) is 0 Å². The minimum atomic E-state index is -3.11. The van der Waals surface area contributed by atoms with E-state index in [9.17, 15) is 14.6 Å². The molecular formula is C10H20NO5P. The SMILES string of the molecule is CCOP(=O)(OCC)[C@@H]1CC[C@@H](N(O)C=O)C1. The predicted octanol–water partition coefficient (Wildman–Crippen LogP) is 2.02. The molecule has 17 heavy (non-hydrogen) atoms. The minimum Gasteiger partial charge on any atom is -0.309 e. The van der Waals surface area contributed by atoms with Crippen LogP contribution in [0.2, 0.25) is 0 Å². The van der Waals surface area contributed by atoms with Crippen LogP contribution in [0.5, 0.6) is 0 Å². The molecule has 0 saturated heterocycles. The maximum atomic E-state index is 12.4. The first-order chi connectivity index (χ1) is 8.07. The summed E-state index contributed by atoms with van der Waals surface area (Å²) in [6.45, 7) is 4.19. The summed E-state index contributed by atoms with van der Waals surface area (Å²) < 4.78 is 23.0. The van der Waals surface area contributed by atoms with Crippen molar-refractivity contribution in [2.75, 3.05) is 13.2 Å². The minimum absolute atomic E-state index is 0.234. The van der Waals surface area contributed by atoms with Gasteiger partial charge in [0.1, 0.15) is 0 Å². The van der Waals surface area contributed by atoms with Crippen molar-refractivity contribution in [2.45, 2.75) is 44.8 Å². The first-order valence-electron chi connectivity index (χ1n) is 5.88. The molecule has 1 saturated carbocycles. The van der Waals surface area contributed by atoms with Crippen LogP contribution in [0.3, 0.4) is 0 Å². The van der Waals surface area contributed by atoms with Gasteiger partial charge in [0.15, 0.2) is 0 Å². The van der Waals surface area contributed by atoms with Gasteiger partial charge >= 0.3 is 7.60 Å². The average Bonchev–Trinajstić information content (AvgIpc) is 2.78. The lowest BCUT2D eigenvalue weighted by Gasteiger charge is -2.23. The van der Waals surface area contributed by atoms with Gasteiger partial charge in [0.25, 0.3) is 0 Å². The zero-order chi connectivity index (χ0) is 12.9. The smallest absolute Gasteiger partial charge is 0.309 e. The van der Waals surface area contributed by atoms with Crippen LogP contribution < -0.4 is 0 Å². The van der Waals surface area contributed by atoms with Crippen LogP contribution in [0.1, 0.15) is 33.1 Å². The molecule has 100 valence electrons. The lowest BCUT2D eigenvalue weighted by atomic mass is 10.2. The van der Waals surface area contributed by atoms with E-state index in [1.54, 1.807) is 13.8 Å². The largest absolute Gasteiger partial charge is 0.333 e. The molecule has 0 aromatic rings. The number of hydrogen-bond acceptors (Lipinski definition) is 5. The summed E-state index contributed by atoms with van der Waals surface area (Å²) in [6.07, 6.45) is 2.07. The highest BCUT2D eigenvalue weighted by atomic mass is 31.2. The highest BCUT2D eigenvalue weighted by molar-refractivity contribution is 7.54. The molecule has 0 heterocycles. The monoisotopic (exact) mass is 265 g/mol. The fraction of sp³-hybridized carbons (Fsp3) is 0.900. The lowest BCUT2D eigenvalue weighted by molar-refractivity contribution is -0.159. The van der Waals surface area contributed by atoms with Gasteiger partial charge in [-0.15, -0.1) is 0 Å². The van der Waals surface area contributed by atoms with Crippen LogP contribution in [-0.4, -0.2) is 41.6 Å². The van der Waals surface area contributed by atoms with E-state index in [4.69, 9.17) is 9.05 Å². The number of carbonyl (C=O) groups excluding carboxylic acids is 1. The highest BCUT2D eigenvalue weighted by Gasteiger charge is 2.42. The molecule has 0 aromatic carbocycles. The number of rotatable bonds is 7. The standard InChI is InChI=1S/C10H20NO5P/c1-3-15-17(14,16-4-2)10-6-5-9(7-10)11(13)8-12/h8-10,13H,3-7H2,1-2H3/t9-,10-/m1/s1. The van der Waals surface area contributed by atoms with Crippen LogP contribution in [0.25, 0.3) is 0 Å². The molecule has 6 nitrogen and oxygen atoms in total. The molecule has 1 aliphatic carbocycles. The van der Waals surface area contributed by atoms with Crippen molar-refractivity contribution >= 4 is 14.0 Å². The van der Waals surface area contributed by atoms with Crippen molar-refractivity contribution < 1.29 is 23.6 Å². The Labute approximate surface area is 101 Å². The van der Waals surface area contributed by atoms with E-state index in [1.807, 2.05) is 0 Å². The van der Waals surface area contributed by atoms with E-state index in [1.165, 1.54) is 0 Å². The number of nitrogens with zero attached hydrogens (tertiary/aromatic N) is 1. The Bertz CT molecular complexity index is 288. The van der Waals surface area contributed by atoms with Crippen molar-refractivity contribution in [3.8, 4) is 0 Å². The Hall–Kier alpha value is -0.420. The van der Waals surface area contributed by atoms with Gasteiger partial charge in [-0.05, 0) is 33.1 Å². The van der Waals surface area contributed by atoms with Gasteiger partial charge < -0.3 is 9.05 Å². The number of hydroxylamine groups is 2. The quantitative estimate of drug-likeness (QED) is 0.330. The molecule has 0 spiro atoms. The average molecular weight is 265 g/mol. The molecule has 0 aliphatic heterocycles. The normalized spacial score (nSPS) is 24.9. The second-order valence-corrected chi connectivity index (χ2v) is 6.31. The predicted molar refractivity (Wildman–Crippen MR) is 62.0 cm³/mol. The summed E-state index contributed by atoms with van der Waals surface area (Å²) in [5.41, 5.74) is -0.234. The highest BCUT2D eigenvalue weighted by Crippen LogP contribution is 2.58. The second kappa shape index (κ2) is 6.50. The van der Waals surface area contributed by atoms with Crippen molar-refractivity contribution in [2.24, 2.45) is 0 Å². The van der Waals surface area contributed by atoms with Crippen molar-refractivity contribution in [1.82, 2.24) is 5.06 Å². The van der Waals surface area contributed by atoms with Crippen LogP contribution in [0.15, 0.2) is 0 Å². The van der Waals surface area contributed by atoms with E-state index in [0.717, 1.165) is 0 Å². The summed E-state index contributed by atoms with van der Waals surface area (Å²) in [5, 5.41) is 9.94. The van der Waals surface area contributed by atoms with E-state index >= 15 is 0 Å². The molecule has 0 radical (unpaired) electrons. The third-order valence-corrected chi connectivity index (χ3v) is 5.52. The maximum Gasteiger partial charge on any atom is 0.333 e. The van der Waals surface area contributed by atoms with Crippen LogP contribution in [-0.2, 0) is 18.4 Å². The molecule has 1 aliphatic rings. The molecule has 1 N–H and O–H groups in total. The van der Waals surface area contributed by atoms with E-state index in [-0.39, 0.29) is 11.7 Å². The van der Waals surface area contributed by atoms with Crippen LogP contribution in [0, 0.1) is 0 Å². The zero-order valence-corrected chi connectivity index (χ0v) is 11.1. The zero-order valence-electron chi connectivity index (χ0n) is 10.2. The Balaban J connectivity index is 2.66. The topological polar surface area (TPSA) is 76.1 Å². The number of hydrogen-bond donors (Lipinski definition) is 1. The fourth-order valence-corrected chi connectivity index (χ4v) is 4.34. The summed E-state index contributed by atoms with van der Waals surface area (Å²) in [4.78, 5) is 10.4. The summed E-state index contributed by atoms with van der Waals surface area (Å²) in [7, 11) is -3.11. The molecule has 0 aromatic heterocycles. The van der Waals surface area contributed by atoms with Crippen molar-refractivity contribution in [3.05, 3.63) is 0 Å². The van der Waals surface area contributed by atoms with Gasteiger partial charge in [-0.1, -0.05) is 0 Å². The second-order valence-electron chi connectivity index (χ2n) is 3.98. The maximum absolute atomic E-state index is 12.4. The third-order valence-electron chi connectivity index (χ3n) is 2.92. The van der Waals surface area contributed by atoms with Crippen LogP contribution in [0.4, 0.5) is 0 Å². The third kappa shape index (κ3) is 3.52. The van der Waals surface area contributed by atoms with E-state index in [0.29, 0.717) is 43.9 Å². The van der Waals surface area contributed by atoms with Gasteiger partial charge in [-0.2, -0.15) is 0 Å². The molecule has 2 atom stereocenters. The first-order valence-corrected chi connectivity index (χ1v) is 7.49. The Morgan fingerprint density at radius 1 is 1.35 bits per heavy atom. The number of amides is 1. The van der Waals surface area contributed by atoms with Crippen LogP contribution >= 0.6 is 7.60 Å². The van der Waals surface area contributed by atoms with Gasteiger partial charge in [-0.3, -0.25) is 14.6 Å². The fourth-order valence-electron chi connectivity index (χ4n) is 2.16. The Kier molecular flexibility index (Phi) is 5.59. The Morgan fingerprint density at radius 3 is 2.41 bits per heavy atom. The summed E-state index contributed by atoms with van der Waals surface area (Å²) in [6, 6.07) is -0.285. The molecule has 7 heteroatoms. The van der Waals surface area contributed by atoms with E-state index < -0.39 is 7.60 Å². The molecule has 1 fully saturated rings. The molecule has 1 amide bonds. The van der Waals surface area contributed by atoms with Crippen molar-refractivity contribution in [1.29, 1.82) is 0 Å².